The molecule has 2 rings (SSSR count). The molecular weight excluding hydrogens is 266 g/mol. The van der Waals surface area contributed by atoms with Crippen LogP contribution in [-0.4, -0.2) is 24.5 Å². The summed E-state index contributed by atoms with van der Waals surface area (Å²) in [6.45, 7) is 7.62. The van der Waals surface area contributed by atoms with Crippen LogP contribution in [0.3, 0.4) is 0 Å². The number of hydrogen-bond donors (Lipinski definition) is 0. The quantitative estimate of drug-likeness (QED) is 0.743. The predicted molar refractivity (Wildman–Crippen MR) is 88.0 cm³/mol. The van der Waals surface area contributed by atoms with E-state index in [1.54, 1.807) is 0 Å². The predicted octanol–water partition coefficient (Wildman–Crippen LogP) is 4.54. The summed E-state index contributed by atoms with van der Waals surface area (Å²) in [7, 11) is 0. The molecule has 0 aromatic heterocycles. The molecule has 1 aromatic rings. The maximum atomic E-state index is 6.34. The lowest BCUT2D eigenvalue weighted by Gasteiger charge is -2.35. The van der Waals surface area contributed by atoms with Crippen LogP contribution in [0.2, 0.25) is 5.02 Å². The van der Waals surface area contributed by atoms with Gasteiger partial charge in [-0.3, -0.25) is 0 Å². The van der Waals surface area contributed by atoms with E-state index in [2.05, 4.69) is 61.6 Å². The summed E-state index contributed by atoms with van der Waals surface area (Å²) < 4.78 is 0. The molecule has 0 heterocycles. The smallest absolute Gasteiger partial charge is 0.0438 e. The second kappa shape index (κ2) is 7.10. The lowest BCUT2D eigenvalue weighted by Crippen LogP contribution is -2.37. The summed E-state index contributed by atoms with van der Waals surface area (Å²) in [6.07, 6.45) is 12.0. The molecule has 0 fully saturated rings. The van der Waals surface area contributed by atoms with Crippen molar-refractivity contribution in [3.63, 3.8) is 0 Å². The zero-order valence-corrected chi connectivity index (χ0v) is 13.1. The lowest BCUT2D eigenvalue weighted by molar-refractivity contribution is 0.233. The highest BCUT2D eigenvalue weighted by Crippen LogP contribution is 2.33. The molecule has 1 aromatic carbocycles. The molecular formula is C18H23ClN. The van der Waals surface area contributed by atoms with Gasteiger partial charge in [0.05, 0.1) is 0 Å². The molecule has 2 heteroatoms. The Morgan fingerprint density at radius 2 is 1.70 bits per heavy atom. The molecule has 0 N–H and O–H groups in total. The van der Waals surface area contributed by atoms with E-state index in [0.717, 1.165) is 31.1 Å². The first kappa shape index (κ1) is 15.3. The molecule has 0 bridgehead atoms. The highest BCUT2D eigenvalue weighted by Gasteiger charge is 2.28. The van der Waals surface area contributed by atoms with Crippen LogP contribution in [0.4, 0.5) is 0 Å². The normalized spacial score (nSPS) is 16.8. The van der Waals surface area contributed by atoms with Crippen molar-refractivity contribution in [3.05, 3.63) is 65.6 Å². The Balaban J connectivity index is 2.24. The Hall–Kier alpha value is -1.05. The van der Waals surface area contributed by atoms with E-state index in [1.807, 2.05) is 12.1 Å². The summed E-state index contributed by atoms with van der Waals surface area (Å²) in [5.41, 5.74) is 1.27. The van der Waals surface area contributed by atoms with Crippen molar-refractivity contribution in [1.82, 2.24) is 4.90 Å². The third kappa shape index (κ3) is 3.74. The minimum Gasteiger partial charge on any atom is -0.303 e. The molecule has 0 saturated heterocycles. The molecule has 107 valence electrons. The summed E-state index contributed by atoms with van der Waals surface area (Å²) in [5.74, 6) is 0. The Morgan fingerprint density at radius 3 is 2.30 bits per heavy atom. The van der Waals surface area contributed by atoms with Crippen LogP contribution in [0.1, 0.15) is 19.4 Å². The fraction of sp³-hybridized carbons (Fsp3) is 0.389. The summed E-state index contributed by atoms with van der Waals surface area (Å²) in [6, 6.07) is 8.16. The highest BCUT2D eigenvalue weighted by atomic mass is 35.5. The summed E-state index contributed by atoms with van der Waals surface area (Å²) >= 11 is 6.34. The first-order valence-corrected chi connectivity index (χ1v) is 7.73. The highest BCUT2D eigenvalue weighted by molar-refractivity contribution is 6.31. The average molecular weight is 289 g/mol. The monoisotopic (exact) mass is 288 g/mol. The molecule has 0 unspecified atom stereocenters. The van der Waals surface area contributed by atoms with Crippen molar-refractivity contribution in [2.24, 2.45) is 5.41 Å². The molecule has 20 heavy (non-hydrogen) atoms. The maximum Gasteiger partial charge on any atom is 0.0438 e. The van der Waals surface area contributed by atoms with Crippen LogP contribution in [0.25, 0.3) is 0 Å². The number of halogens is 1. The van der Waals surface area contributed by atoms with Crippen LogP contribution < -0.4 is 0 Å². The largest absolute Gasteiger partial charge is 0.303 e. The fourth-order valence-corrected chi connectivity index (χ4v) is 2.96. The van der Waals surface area contributed by atoms with Crippen LogP contribution in [0, 0.1) is 11.8 Å². The minimum atomic E-state index is 0.0474. The van der Waals surface area contributed by atoms with Crippen LogP contribution in [0.5, 0.6) is 0 Å². The van der Waals surface area contributed by atoms with Crippen molar-refractivity contribution in [1.29, 1.82) is 0 Å². The number of nitrogens with zero attached hydrogens (tertiary/aromatic N) is 1. The topological polar surface area (TPSA) is 3.24 Å². The van der Waals surface area contributed by atoms with Gasteiger partial charge in [-0.25, -0.2) is 0 Å². The third-order valence-electron chi connectivity index (χ3n) is 3.97. The molecule has 0 amide bonds. The molecule has 0 saturated carbocycles. The van der Waals surface area contributed by atoms with Gasteiger partial charge in [-0.1, -0.05) is 68.0 Å². The average Bonchev–Trinajstić information content (AvgIpc) is 2.48. The van der Waals surface area contributed by atoms with Gasteiger partial charge >= 0.3 is 0 Å². The summed E-state index contributed by atoms with van der Waals surface area (Å²) in [4.78, 5) is 2.47. The Bertz CT molecular complexity index is 474. The molecule has 0 spiro atoms. The molecule has 1 aliphatic carbocycles. The third-order valence-corrected chi connectivity index (χ3v) is 4.34. The first-order valence-electron chi connectivity index (χ1n) is 7.35. The van der Waals surface area contributed by atoms with Crippen molar-refractivity contribution >= 4 is 11.6 Å². The molecule has 0 aliphatic heterocycles. The summed E-state index contributed by atoms with van der Waals surface area (Å²) in [5, 5.41) is 0.864. The SMILES string of the molecule is CCN(CC)CC1(Cc2ccccc2Cl)C=C[CH]C=C1. The van der Waals surface area contributed by atoms with Crippen molar-refractivity contribution in [3.8, 4) is 0 Å². The minimum absolute atomic E-state index is 0.0474. The van der Waals surface area contributed by atoms with Crippen LogP contribution in [-0.2, 0) is 6.42 Å². The number of rotatable bonds is 6. The lowest BCUT2D eigenvalue weighted by atomic mass is 9.78. The van der Waals surface area contributed by atoms with Gasteiger partial charge in [0.25, 0.3) is 0 Å². The van der Waals surface area contributed by atoms with E-state index in [0.29, 0.717) is 0 Å². The van der Waals surface area contributed by atoms with E-state index >= 15 is 0 Å². The van der Waals surface area contributed by atoms with Crippen LogP contribution in [0.15, 0.2) is 48.6 Å². The van der Waals surface area contributed by atoms with Gasteiger partial charge in [0.2, 0.25) is 0 Å². The van der Waals surface area contributed by atoms with Gasteiger partial charge in [0.15, 0.2) is 0 Å². The van der Waals surface area contributed by atoms with E-state index in [9.17, 15) is 0 Å². The van der Waals surface area contributed by atoms with Gasteiger partial charge in [0.1, 0.15) is 0 Å². The Labute approximate surface area is 127 Å². The fourth-order valence-electron chi connectivity index (χ4n) is 2.75. The van der Waals surface area contributed by atoms with Gasteiger partial charge in [-0.05, 0) is 31.1 Å². The molecule has 0 atom stereocenters. The van der Waals surface area contributed by atoms with Gasteiger partial charge in [0, 0.05) is 23.4 Å². The number of hydrogen-bond acceptors (Lipinski definition) is 1. The van der Waals surface area contributed by atoms with E-state index in [1.165, 1.54) is 5.56 Å². The maximum absolute atomic E-state index is 6.34. The van der Waals surface area contributed by atoms with Crippen molar-refractivity contribution < 1.29 is 0 Å². The van der Waals surface area contributed by atoms with E-state index in [-0.39, 0.29) is 5.41 Å². The van der Waals surface area contributed by atoms with Crippen LogP contribution >= 0.6 is 11.6 Å². The molecule has 1 radical (unpaired) electrons. The van der Waals surface area contributed by atoms with Gasteiger partial charge in [-0.15, -0.1) is 0 Å². The van der Waals surface area contributed by atoms with Crippen molar-refractivity contribution in [2.75, 3.05) is 19.6 Å². The molecule has 1 nitrogen and oxygen atoms in total. The van der Waals surface area contributed by atoms with Crippen molar-refractivity contribution in [2.45, 2.75) is 20.3 Å². The second-order valence-electron chi connectivity index (χ2n) is 5.37. The first-order chi connectivity index (χ1) is 9.69. The Morgan fingerprint density at radius 1 is 1.05 bits per heavy atom. The zero-order chi connectivity index (χ0) is 14.4. The zero-order valence-electron chi connectivity index (χ0n) is 12.3. The van der Waals surface area contributed by atoms with Gasteiger partial charge in [-0.2, -0.15) is 0 Å². The van der Waals surface area contributed by atoms with E-state index < -0.39 is 0 Å². The number of benzene rings is 1. The standard InChI is InChI=1S/C18H23ClN/c1-3-20(4-2)15-18(12-8-5-9-13-18)14-16-10-6-7-11-17(16)19/h5-13H,3-4,14-15H2,1-2H3. The second-order valence-corrected chi connectivity index (χ2v) is 5.78. The molecule has 1 aliphatic rings. The Kier molecular flexibility index (Phi) is 5.45. The van der Waals surface area contributed by atoms with Gasteiger partial charge < -0.3 is 4.90 Å². The van der Waals surface area contributed by atoms with E-state index in [4.69, 9.17) is 11.6 Å². The number of allylic oxidation sites excluding steroid dienone is 2.